The Morgan fingerprint density at radius 1 is 1.62 bits per heavy atom. The van der Waals surface area contributed by atoms with Crippen molar-refractivity contribution in [1.29, 1.82) is 5.26 Å². The van der Waals surface area contributed by atoms with Crippen LogP contribution >= 0.6 is 0 Å². The van der Waals surface area contributed by atoms with Crippen LogP contribution in [0.15, 0.2) is 18.2 Å². The van der Waals surface area contributed by atoms with Crippen LogP contribution in [0.2, 0.25) is 0 Å². The number of nitrogens with zero attached hydrogens (tertiary/aromatic N) is 1. The average molecular weight is 180 g/mol. The van der Waals surface area contributed by atoms with Crippen molar-refractivity contribution in [1.82, 2.24) is 0 Å². The lowest BCUT2D eigenvalue weighted by Gasteiger charge is -2.01. The number of benzene rings is 1. The summed E-state index contributed by atoms with van der Waals surface area (Å²) in [6.45, 7) is 0. The quantitative estimate of drug-likeness (QED) is 0.704. The summed E-state index contributed by atoms with van der Waals surface area (Å²) in [6.07, 6.45) is -1.09. The van der Waals surface area contributed by atoms with E-state index in [1.807, 2.05) is 0 Å². The van der Waals surface area contributed by atoms with Gasteiger partial charge in [0.2, 0.25) is 0 Å². The maximum Gasteiger partial charge on any atom is 0.410 e. The number of nitriles is 1. The van der Waals surface area contributed by atoms with Crippen LogP contribution in [-0.2, 0) is 0 Å². The summed E-state index contributed by atoms with van der Waals surface area (Å²) in [6, 6.07) is 5.18. The number of carbonyl (C=O) groups is 1. The van der Waals surface area contributed by atoms with Crippen LogP contribution in [0.5, 0.6) is 5.75 Å². The Labute approximate surface area is 73.3 Å². The molecule has 1 aromatic carbocycles. The zero-order valence-corrected chi connectivity index (χ0v) is 6.45. The fourth-order valence-corrected chi connectivity index (χ4v) is 0.762. The largest absolute Gasteiger partial charge is 0.410 e. The van der Waals surface area contributed by atoms with E-state index in [4.69, 9.17) is 5.26 Å². The average Bonchev–Trinajstić information content (AvgIpc) is 2.08. The third kappa shape index (κ3) is 2.17. The highest BCUT2D eigenvalue weighted by molar-refractivity contribution is 5.68. The smallest absolute Gasteiger partial charge is 0.407 e. The minimum Gasteiger partial charge on any atom is -0.407 e. The van der Waals surface area contributed by atoms with Gasteiger partial charge in [0.25, 0.3) is 0 Å². The summed E-state index contributed by atoms with van der Waals surface area (Å²) in [7, 11) is 0. The lowest BCUT2D eigenvalue weighted by atomic mass is 10.2. The highest BCUT2D eigenvalue weighted by atomic mass is 19.1. The van der Waals surface area contributed by atoms with Gasteiger partial charge in [-0.1, -0.05) is 0 Å². The molecule has 5 heteroatoms. The Bertz CT molecular complexity index is 384. The molecule has 0 atom stereocenters. The molecule has 2 N–H and O–H groups in total. The lowest BCUT2D eigenvalue weighted by molar-refractivity contribution is 0.208. The van der Waals surface area contributed by atoms with Gasteiger partial charge in [-0.2, -0.15) is 5.26 Å². The van der Waals surface area contributed by atoms with Crippen molar-refractivity contribution in [2.45, 2.75) is 0 Å². The van der Waals surface area contributed by atoms with E-state index in [2.05, 4.69) is 10.5 Å². The molecule has 0 saturated carbocycles. The molecule has 1 rings (SSSR count). The number of hydrogen-bond donors (Lipinski definition) is 1. The van der Waals surface area contributed by atoms with Crippen molar-refractivity contribution < 1.29 is 13.9 Å². The van der Waals surface area contributed by atoms with E-state index in [1.165, 1.54) is 12.1 Å². The third-order valence-corrected chi connectivity index (χ3v) is 1.27. The van der Waals surface area contributed by atoms with Crippen LogP contribution in [0.4, 0.5) is 9.18 Å². The van der Waals surface area contributed by atoms with E-state index in [-0.39, 0.29) is 11.3 Å². The van der Waals surface area contributed by atoms with Crippen LogP contribution < -0.4 is 10.5 Å². The number of amides is 1. The van der Waals surface area contributed by atoms with E-state index in [1.54, 1.807) is 6.07 Å². The Morgan fingerprint density at radius 3 is 2.77 bits per heavy atom. The summed E-state index contributed by atoms with van der Waals surface area (Å²) in [5.41, 5.74) is 4.82. The second-order valence-electron chi connectivity index (χ2n) is 2.18. The SMILES string of the molecule is N#Cc1ccc(OC(N)=O)c(F)c1. The van der Waals surface area contributed by atoms with Crippen LogP contribution in [0, 0.1) is 17.1 Å². The maximum atomic E-state index is 12.9. The summed E-state index contributed by atoms with van der Waals surface area (Å²) >= 11 is 0. The third-order valence-electron chi connectivity index (χ3n) is 1.27. The molecule has 1 amide bonds. The van der Waals surface area contributed by atoms with Crippen LogP contribution in [0.3, 0.4) is 0 Å². The molecule has 13 heavy (non-hydrogen) atoms. The molecule has 0 saturated heterocycles. The molecule has 66 valence electrons. The highest BCUT2D eigenvalue weighted by Gasteiger charge is 2.06. The molecule has 0 aliphatic carbocycles. The predicted molar refractivity (Wildman–Crippen MR) is 41.3 cm³/mol. The van der Waals surface area contributed by atoms with E-state index in [0.29, 0.717) is 0 Å². The number of halogens is 1. The summed E-state index contributed by atoms with van der Waals surface area (Å²) in [5, 5.41) is 8.39. The first-order valence-electron chi connectivity index (χ1n) is 3.30. The van der Waals surface area contributed by atoms with Crippen molar-refractivity contribution in [3.8, 4) is 11.8 Å². The van der Waals surface area contributed by atoms with Crippen molar-refractivity contribution in [3.05, 3.63) is 29.6 Å². The summed E-state index contributed by atoms with van der Waals surface area (Å²) < 4.78 is 17.2. The van der Waals surface area contributed by atoms with Gasteiger partial charge in [0.1, 0.15) is 0 Å². The van der Waals surface area contributed by atoms with Crippen LogP contribution in [-0.4, -0.2) is 6.09 Å². The van der Waals surface area contributed by atoms with Crippen molar-refractivity contribution >= 4 is 6.09 Å². The Morgan fingerprint density at radius 2 is 2.31 bits per heavy atom. The zero-order chi connectivity index (χ0) is 9.84. The monoisotopic (exact) mass is 180 g/mol. The topological polar surface area (TPSA) is 76.1 Å². The molecular weight excluding hydrogens is 175 g/mol. The fraction of sp³-hybridized carbons (Fsp3) is 0. The molecule has 0 radical (unpaired) electrons. The van der Waals surface area contributed by atoms with Gasteiger partial charge in [0.05, 0.1) is 11.6 Å². The van der Waals surface area contributed by atoms with E-state index >= 15 is 0 Å². The summed E-state index contributed by atoms with van der Waals surface area (Å²) in [5.74, 6) is -1.08. The number of carbonyl (C=O) groups excluding carboxylic acids is 1. The molecular formula is C8H5FN2O2. The maximum absolute atomic E-state index is 12.9. The zero-order valence-electron chi connectivity index (χ0n) is 6.45. The molecule has 0 heterocycles. The molecule has 0 fully saturated rings. The summed E-state index contributed by atoms with van der Waals surface area (Å²) in [4.78, 5) is 10.2. The standard InChI is InChI=1S/C8H5FN2O2/c9-6-3-5(4-10)1-2-7(6)13-8(11)12/h1-3H,(H2,11,12). The predicted octanol–water partition coefficient (Wildman–Crippen LogP) is 1.15. The van der Waals surface area contributed by atoms with Gasteiger partial charge < -0.3 is 10.5 Å². The number of primary amides is 1. The Balaban J connectivity index is 3.00. The molecule has 4 nitrogen and oxygen atoms in total. The van der Waals surface area contributed by atoms with E-state index in [9.17, 15) is 9.18 Å². The Kier molecular flexibility index (Phi) is 2.45. The first-order valence-corrected chi connectivity index (χ1v) is 3.30. The molecule has 0 spiro atoms. The highest BCUT2D eigenvalue weighted by Crippen LogP contribution is 2.17. The van der Waals surface area contributed by atoms with Gasteiger partial charge in [-0.3, -0.25) is 0 Å². The fourth-order valence-electron chi connectivity index (χ4n) is 0.762. The molecule has 0 bridgehead atoms. The Hall–Kier alpha value is -2.09. The number of rotatable bonds is 1. The van der Waals surface area contributed by atoms with Gasteiger partial charge in [-0.15, -0.1) is 0 Å². The molecule has 0 aliphatic heterocycles. The number of ether oxygens (including phenoxy) is 1. The van der Waals surface area contributed by atoms with Crippen molar-refractivity contribution in [2.75, 3.05) is 0 Å². The van der Waals surface area contributed by atoms with Gasteiger partial charge >= 0.3 is 6.09 Å². The van der Waals surface area contributed by atoms with Gasteiger partial charge in [0, 0.05) is 0 Å². The van der Waals surface area contributed by atoms with E-state index in [0.717, 1.165) is 6.07 Å². The number of hydrogen-bond acceptors (Lipinski definition) is 3. The molecule has 1 aromatic rings. The van der Waals surface area contributed by atoms with Crippen molar-refractivity contribution in [2.24, 2.45) is 5.73 Å². The molecule has 0 aliphatic rings. The van der Waals surface area contributed by atoms with Gasteiger partial charge in [-0.25, -0.2) is 9.18 Å². The lowest BCUT2D eigenvalue weighted by Crippen LogP contribution is -2.16. The normalized spacial score (nSPS) is 8.92. The molecule has 0 unspecified atom stereocenters. The minimum absolute atomic E-state index is 0.148. The second-order valence-corrected chi connectivity index (χ2v) is 2.18. The van der Waals surface area contributed by atoms with Gasteiger partial charge in [-0.05, 0) is 18.2 Å². The number of nitrogens with two attached hydrogens (primary N) is 1. The first-order chi connectivity index (χ1) is 6.13. The van der Waals surface area contributed by atoms with Gasteiger partial charge in [0.15, 0.2) is 11.6 Å². The van der Waals surface area contributed by atoms with Crippen LogP contribution in [0.25, 0.3) is 0 Å². The van der Waals surface area contributed by atoms with Crippen molar-refractivity contribution in [3.63, 3.8) is 0 Å². The second kappa shape index (κ2) is 3.54. The first kappa shape index (κ1) is 9.00. The minimum atomic E-state index is -1.09. The van der Waals surface area contributed by atoms with E-state index < -0.39 is 11.9 Å². The van der Waals surface area contributed by atoms with Crippen LogP contribution in [0.1, 0.15) is 5.56 Å². The molecule has 0 aromatic heterocycles.